The predicted molar refractivity (Wildman–Crippen MR) is 73.5 cm³/mol. The zero-order valence-electron chi connectivity index (χ0n) is 12.2. The van der Waals surface area contributed by atoms with E-state index in [2.05, 4.69) is 38.3 Å². The fraction of sp³-hybridized carbons (Fsp3) is 0.929. The van der Waals surface area contributed by atoms with Crippen LogP contribution in [0.3, 0.4) is 0 Å². The minimum atomic E-state index is -0.0472. The van der Waals surface area contributed by atoms with E-state index in [1.165, 1.54) is 0 Å². The number of hydrogen-bond donors (Lipinski definition) is 2. The molecule has 0 bridgehead atoms. The highest BCUT2D eigenvalue weighted by Gasteiger charge is 2.36. The van der Waals surface area contributed by atoms with Gasteiger partial charge in [0.1, 0.15) is 0 Å². The number of hydrogen-bond acceptors (Lipinski definition) is 3. The maximum Gasteiger partial charge on any atom is 0.227 e. The second kappa shape index (κ2) is 7.10. The van der Waals surface area contributed by atoms with E-state index in [0.29, 0.717) is 13.2 Å². The minimum absolute atomic E-state index is 0.0452. The number of amides is 1. The molecule has 1 saturated heterocycles. The van der Waals surface area contributed by atoms with Crippen LogP contribution in [-0.2, 0) is 9.53 Å². The topological polar surface area (TPSA) is 50.4 Å². The van der Waals surface area contributed by atoms with Gasteiger partial charge in [0.05, 0.1) is 19.1 Å². The fourth-order valence-corrected chi connectivity index (χ4v) is 2.65. The molecule has 4 heteroatoms. The Labute approximate surface area is 111 Å². The number of nitrogens with one attached hydrogen (secondary N) is 2. The average molecular weight is 256 g/mol. The Morgan fingerprint density at radius 3 is 2.28 bits per heavy atom. The maximum atomic E-state index is 12.4. The summed E-state index contributed by atoms with van der Waals surface area (Å²) in [5.41, 5.74) is -0.0452. The Hall–Kier alpha value is -0.610. The molecule has 1 amide bonds. The van der Waals surface area contributed by atoms with Gasteiger partial charge >= 0.3 is 0 Å². The van der Waals surface area contributed by atoms with Crippen molar-refractivity contribution in [3.05, 3.63) is 0 Å². The third-order valence-corrected chi connectivity index (χ3v) is 4.30. The van der Waals surface area contributed by atoms with Gasteiger partial charge in [-0.25, -0.2) is 0 Å². The summed E-state index contributed by atoms with van der Waals surface area (Å²) < 4.78 is 5.44. The molecule has 2 N–H and O–H groups in total. The zero-order valence-corrected chi connectivity index (χ0v) is 12.2. The lowest BCUT2D eigenvalue weighted by Gasteiger charge is -2.33. The van der Waals surface area contributed by atoms with Crippen molar-refractivity contribution in [2.45, 2.75) is 58.5 Å². The van der Waals surface area contributed by atoms with Crippen molar-refractivity contribution in [2.24, 2.45) is 5.92 Å². The number of rotatable bonds is 7. The first-order valence-electron chi connectivity index (χ1n) is 7.25. The van der Waals surface area contributed by atoms with Crippen molar-refractivity contribution >= 4 is 5.91 Å². The van der Waals surface area contributed by atoms with Crippen LogP contribution in [0.1, 0.15) is 47.0 Å². The molecule has 1 heterocycles. The standard InChI is InChI=1S/C14H28N2O2/c1-5-14(6-2,7-3)16-13(17)11-9-18-10-12(11)15-8-4/h11-12,15H,5-10H2,1-4H3,(H,16,17). The second-order valence-electron chi connectivity index (χ2n) is 5.14. The first kappa shape index (κ1) is 15.4. The van der Waals surface area contributed by atoms with E-state index in [1.807, 2.05) is 0 Å². The number of ether oxygens (including phenoxy) is 1. The summed E-state index contributed by atoms with van der Waals surface area (Å²) in [5, 5.41) is 6.58. The van der Waals surface area contributed by atoms with E-state index in [9.17, 15) is 4.79 Å². The highest BCUT2D eigenvalue weighted by Crippen LogP contribution is 2.22. The van der Waals surface area contributed by atoms with Gasteiger partial charge < -0.3 is 15.4 Å². The highest BCUT2D eigenvalue weighted by atomic mass is 16.5. The van der Waals surface area contributed by atoms with Crippen molar-refractivity contribution in [1.29, 1.82) is 0 Å². The molecule has 1 aliphatic rings. The first-order valence-corrected chi connectivity index (χ1v) is 7.25. The lowest BCUT2D eigenvalue weighted by Crippen LogP contribution is -2.52. The van der Waals surface area contributed by atoms with Gasteiger partial charge in [0.25, 0.3) is 0 Å². The molecule has 1 rings (SSSR count). The lowest BCUT2D eigenvalue weighted by atomic mass is 9.88. The second-order valence-corrected chi connectivity index (χ2v) is 5.14. The van der Waals surface area contributed by atoms with Crippen LogP contribution >= 0.6 is 0 Å². The molecule has 0 aromatic rings. The number of likely N-dealkylation sites (N-methyl/N-ethyl adjacent to an activating group) is 1. The van der Waals surface area contributed by atoms with Crippen molar-refractivity contribution < 1.29 is 9.53 Å². The largest absolute Gasteiger partial charge is 0.379 e. The van der Waals surface area contributed by atoms with Crippen molar-refractivity contribution in [1.82, 2.24) is 10.6 Å². The van der Waals surface area contributed by atoms with Crippen LogP contribution in [0.5, 0.6) is 0 Å². The van der Waals surface area contributed by atoms with Gasteiger partial charge in [-0.15, -0.1) is 0 Å². The van der Waals surface area contributed by atoms with Crippen LogP contribution in [0.25, 0.3) is 0 Å². The molecule has 1 fully saturated rings. The quantitative estimate of drug-likeness (QED) is 0.729. The van der Waals surface area contributed by atoms with E-state index in [1.54, 1.807) is 0 Å². The van der Waals surface area contributed by atoms with E-state index in [-0.39, 0.29) is 23.4 Å². The molecular formula is C14H28N2O2. The fourth-order valence-electron chi connectivity index (χ4n) is 2.65. The van der Waals surface area contributed by atoms with E-state index >= 15 is 0 Å². The molecule has 1 aliphatic heterocycles. The van der Waals surface area contributed by atoms with Crippen LogP contribution < -0.4 is 10.6 Å². The Morgan fingerprint density at radius 1 is 1.17 bits per heavy atom. The van der Waals surface area contributed by atoms with E-state index < -0.39 is 0 Å². The smallest absolute Gasteiger partial charge is 0.227 e. The summed E-state index contributed by atoms with van der Waals surface area (Å²) in [6.07, 6.45) is 2.93. The van der Waals surface area contributed by atoms with Crippen LogP contribution in [-0.4, -0.2) is 37.2 Å². The summed E-state index contributed by atoms with van der Waals surface area (Å²) in [6.45, 7) is 10.5. The summed E-state index contributed by atoms with van der Waals surface area (Å²) in [4.78, 5) is 12.4. The monoisotopic (exact) mass is 256 g/mol. The first-order chi connectivity index (χ1) is 8.62. The van der Waals surface area contributed by atoms with E-state index in [0.717, 1.165) is 25.8 Å². The molecule has 0 aliphatic carbocycles. The molecule has 0 aromatic carbocycles. The van der Waals surface area contributed by atoms with Gasteiger partial charge in [-0.1, -0.05) is 27.7 Å². The van der Waals surface area contributed by atoms with Gasteiger partial charge in [0.15, 0.2) is 0 Å². The molecule has 2 atom stereocenters. The third-order valence-electron chi connectivity index (χ3n) is 4.30. The molecule has 0 radical (unpaired) electrons. The Bertz CT molecular complexity index is 256. The van der Waals surface area contributed by atoms with Crippen LogP contribution in [0, 0.1) is 5.92 Å². The van der Waals surface area contributed by atoms with Crippen molar-refractivity contribution in [3.8, 4) is 0 Å². The summed E-state index contributed by atoms with van der Waals surface area (Å²) >= 11 is 0. The Morgan fingerprint density at radius 2 is 1.78 bits per heavy atom. The molecule has 4 nitrogen and oxygen atoms in total. The van der Waals surface area contributed by atoms with Crippen molar-refractivity contribution in [2.75, 3.05) is 19.8 Å². The van der Waals surface area contributed by atoms with Gasteiger partial charge in [0.2, 0.25) is 5.91 Å². The van der Waals surface area contributed by atoms with Crippen LogP contribution in [0.15, 0.2) is 0 Å². The SMILES string of the molecule is CCNC1COCC1C(=O)NC(CC)(CC)CC. The number of carbonyl (C=O) groups is 1. The maximum absolute atomic E-state index is 12.4. The molecule has 18 heavy (non-hydrogen) atoms. The zero-order chi connectivity index (χ0) is 13.6. The molecule has 0 saturated carbocycles. The predicted octanol–water partition coefficient (Wildman–Crippen LogP) is 1.70. The molecular weight excluding hydrogens is 228 g/mol. The Kier molecular flexibility index (Phi) is 6.09. The summed E-state index contributed by atoms with van der Waals surface area (Å²) in [6, 6.07) is 0.165. The molecule has 2 unspecified atom stereocenters. The average Bonchev–Trinajstić information content (AvgIpc) is 2.85. The molecule has 0 aromatic heterocycles. The highest BCUT2D eigenvalue weighted by molar-refractivity contribution is 5.80. The summed E-state index contributed by atoms with van der Waals surface area (Å²) in [5.74, 6) is 0.0953. The summed E-state index contributed by atoms with van der Waals surface area (Å²) in [7, 11) is 0. The van der Waals surface area contributed by atoms with Crippen molar-refractivity contribution in [3.63, 3.8) is 0 Å². The number of carbonyl (C=O) groups excluding carboxylic acids is 1. The van der Waals surface area contributed by atoms with Crippen LogP contribution in [0.2, 0.25) is 0 Å². The molecule has 0 spiro atoms. The van der Waals surface area contributed by atoms with Gasteiger partial charge in [0, 0.05) is 11.6 Å². The van der Waals surface area contributed by atoms with Crippen LogP contribution in [0.4, 0.5) is 0 Å². The minimum Gasteiger partial charge on any atom is -0.379 e. The third kappa shape index (κ3) is 3.45. The Balaban J connectivity index is 2.63. The van der Waals surface area contributed by atoms with E-state index in [4.69, 9.17) is 4.74 Å². The van der Waals surface area contributed by atoms with Gasteiger partial charge in [-0.05, 0) is 25.8 Å². The van der Waals surface area contributed by atoms with Gasteiger partial charge in [-0.3, -0.25) is 4.79 Å². The normalized spacial score (nSPS) is 24.2. The molecule has 106 valence electrons. The van der Waals surface area contributed by atoms with Gasteiger partial charge in [-0.2, -0.15) is 0 Å². The lowest BCUT2D eigenvalue weighted by molar-refractivity contribution is -0.127.